The predicted octanol–water partition coefficient (Wildman–Crippen LogP) is 2.01. The van der Waals surface area contributed by atoms with Crippen LogP contribution < -0.4 is 5.32 Å². The van der Waals surface area contributed by atoms with Crippen molar-refractivity contribution in [1.82, 2.24) is 25.2 Å². The maximum absolute atomic E-state index is 13.0. The maximum atomic E-state index is 13.0. The summed E-state index contributed by atoms with van der Waals surface area (Å²) in [6.45, 7) is 4.81. The van der Waals surface area contributed by atoms with Crippen LogP contribution in [0.3, 0.4) is 0 Å². The molecule has 1 aromatic heterocycles. The van der Waals surface area contributed by atoms with Gasteiger partial charge >= 0.3 is 0 Å². The molecule has 0 bridgehead atoms. The van der Waals surface area contributed by atoms with Gasteiger partial charge in [-0.2, -0.15) is 0 Å². The molecule has 144 valence electrons. The van der Waals surface area contributed by atoms with Crippen LogP contribution in [0.2, 0.25) is 0 Å². The lowest BCUT2D eigenvalue weighted by atomic mass is 9.60. The topological polar surface area (TPSA) is 72.3 Å². The van der Waals surface area contributed by atoms with E-state index in [2.05, 4.69) is 22.6 Å². The summed E-state index contributed by atoms with van der Waals surface area (Å²) in [5.41, 5.74) is 0.630. The van der Waals surface area contributed by atoms with Gasteiger partial charge in [0.05, 0.1) is 18.3 Å². The van der Waals surface area contributed by atoms with Crippen molar-refractivity contribution in [3.63, 3.8) is 0 Å². The Balaban J connectivity index is 1.45. The van der Waals surface area contributed by atoms with Crippen LogP contribution >= 0.6 is 0 Å². The molecule has 26 heavy (non-hydrogen) atoms. The van der Waals surface area contributed by atoms with E-state index >= 15 is 0 Å². The first-order valence-electron chi connectivity index (χ1n) is 10.2. The SMILES string of the molecule is CCO[C@H]1C[C@@H](N(C)C(=O)c2cn(C3CCNCC3)nn2)C12CCCC2. The van der Waals surface area contributed by atoms with Crippen LogP contribution in [0.25, 0.3) is 0 Å². The highest BCUT2D eigenvalue weighted by Crippen LogP contribution is 2.56. The first kappa shape index (κ1) is 17.9. The van der Waals surface area contributed by atoms with Gasteiger partial charge in [0.15, 0.2) is 5.69 Å². The number of nitrogens with one attached hydrogen (secondary N) is 1. The smallest absolute Gasteiger partial charge is 0.276 e. The zero-order valence-electron chi connectivity index (χ0n) is 16.0. The number of hydrogen-bond donors (Lipinski definition) is 1. The van der Waals surface area contributed by atoms with Crippen molar-refractivity contribution in [1.29, 1.82) is 0 Å². The van der Waals surface area contributed by atoms with Crippen LogP contribution in [-0.4, -0.2) is 64.7 Å². The van der Waals surface area contributed by atoms with Gasteiger partial charge in [-0.15, -0.1) is 5.10 Å². The number of rotatable bonds is 5. The average Bonchev–Trinajstić information content (AvgIpc) is 3.35. The van der Waals surface area contributed by atoms with Crippen molar-refractivity contribution in [2.24, 2.45) is 5.41 Å². The summed E-state index contributed by atoms with van der Waals surface area (Å²) in [6, 6.07) is 0.612. The van der Waals surface area contributed by atoms with Crippen molar-refractivity contribution in [3.05, 3.63) is 11.9 Å². The summed E-state index contributed by atoms with van der Waals surface area (Å²) in [5, 5.41) is 11.8. The second-order valence-corrected chi connectivity index (χ2v) is 8.12. The van der Waals surface area contributed by atoms with Gasteiger partial charge in [-0.25, -0.2) is 4.68 Å². The minimum Gasteiger partial charge on any atom is -0.378 e. The largest absolute Gasteiger partial charge is 0.378 e. The van der Waals surface area contributed by atoms with Crippen molar-refractivity contribution in [2.45, 2.75) is 70.1 Å². The first-order valence-corrected chi connectivity index (χ1v) is 10.2. The van der Waals surface area contributed by atoms with Crippen LogP contribution in [0.1, 0.15) is 68.4 Å². The second-order valence-electron chi connectivity index (χ2n) is 8.12. The Morgan fingerprint density at radius 2 is 2.12 bits per heavy atom. The van der Waals surface area contributed by atoms with E-state index in [9.17, 15) is 4.79 Å². The molecule has 1 amide bonds. The molecule has 3 fully saturated rings. The highest BCUT2D eigenvalue weighted by molar-refractivity contribution is 5.92. The zero-order valence-corrected chi connectivity index (χ0v) is 16.0. The third-order valence-electron chi connectivity index (χ3n) is 6.84. The van der Waals surface area contributed by atoms with Crippen molar-refractivity contribution < 1.29 is 9.53 Å². The van der Waals surface area contributed by atoms with Gasteiger partial charge in [-0.05, 0) is 52.1 Å². The third-order valence-corrected chi connectivity index (χ3v) is 6.84. The number of hydrogen-bond acceptors (Lipinski definition) is 5. The Hall–Kier alpha value is -1.47. The van der Waals surface area contributed by atoms with Gasteiger partial charge in [0.1, 0.15) is 0 Å². The van der Waals surface area contributed by atoms with Crippen LogP contribution in [0.4, 0.5) is 0 Å². The molecule has 0 aromatic carbocycles. The fraction of sp³-hybridized carbons (Fsp3) is 0.842. The molecule has 1 aliphatic heterocycles. The fourth-order valence-corrected chi connectivity index (χ4v) is 5.34. The number of carbonyl (C=O) groups excluding carboxylic acids is 1. The normalized spacial score (nSPS) is 28.2. The summed E-state index contributed by atoms with van der Waals surface area (Å²) in [4.78, 5) is 15.0. The monoisotopic (exact) mass is 361 g/mol. The Bertz CT molecular complexity index is 634. The predicted molar refractivity (Wildman–Crippen MR) is 98.0 cm³/mol. The molecule has 2 heterocycles. The summed E-state index contributed by atoms with van der Waals surface area (Å²) in [5.74, 6) is -0.00333. The lowest BCUT2D eigenvalue weighted by Crippen LogP contribution is -2.64. The molecular weight excluding hydrogens is 330 g/mol. The van der Waals surface area contributed by atoms with E-state index in [1.54, 1.807) is 0 Å². The highest BCUT2D eigenvalue weighted by atomic mass is 16.5. The van der Waals surface area contributed by atoms with E-state index in [1.165, 1.54) is 25.7 Å². The molecule has 1 saturated heterocycles. The molecule has 2 aliphatic carbocycles. The standard InChI is InChI=1S/C19H31N5O2/c1-3-26-17-12-16(19(17)8-4-5-9-19)23(2)18(25)15-13-24(22-21-15)14-6-10-20-11-7-14/h13-14,16-17,20H,3-12H2,1-2H3/t16-,17+/m1/s1. The van der Waals surface area contributed by atoms with E-state index in [-0.39, 0.29) is 17.4 Å². The van der Waals surface area contributed by atoms with Crippen LogP contribution in [0.15, 0.2) is 6.20 Å². The Morgan fingerprint density at radius 3 is 2.81 bits per heavy atom. The van der Waals surface area contributed by atoms with E-state index < -0.39 is 0 Å². The number of aromatic nitrogens is 3. The number of carbonyl (C=O) groups is 1. The maximum Gasteiger partial charge on any atom is 0.276 e. The fourth-order valence-electron chi connectivity index (χ4n) is 5.34. The summed E-state index contributed by atoms with van der Waals surface area (Å²) in [7, 11) is 1.93. The second kappa shape index (κ2) is 7.27. The van der Waals surface area contributed by atoms with E-state index in [1.807, 2.05) is 22.8 Å². The number of ether oxygens (including phenoxy) is 1. The van der Waals surface area contributed by atoms with E-state index in [4.69, 9.17) is 4.74 Å². The van der Waals surface area contributed by atoms with Gasteiger partial charge in [-0.3, -0.25) is 4.79 Å². The molecule has 0 radical (unpaired) electrons. The minimum atomic E-state index is -0.00333. The summed E-state index contributed by atoms with van der Waals surface area (Å²) in [6.07, 6.45) is 9.99. The van der Waals surface area contributed by atoms with Crippen LogP contribution in [-0.2, 0) is 4.74 Å². The Morgan fingerprint density at radius 1 is 1.38 bits per heavy atom. The minimum absolute atomic E-state index is 0.00333. The molecular formula is C19H31N5O2. The highest BCUT2D eigenvalue weighted by Gasteiger charge is 2.59. The zero-order chi connectivity index (χ0) is 18.1. The molecule has 1 spiro atoms. The van der Waals surface area contributed by atoms with Gasteiger partial charge in [0.25, 0.3) is 5.91 Å². The van der Waals surface area contributed by atoms with Crippen molar-refractivity contribution in [2.75, 3.05) is 26.7 Å². The third kappa shape index (κ3) is 2.95. The molecule has 1 N–H and O–H groups in total. The lowest BCUT2D eigenvalue weighted by Gasteiger charge is -2.56. The van der Waals surface area contributed by atoms with Crippen molar-refractivity contribution in [3.8, 4) is 0 Å². The van der Waals surface area contributed by atoms with Gasteiger partial charge < -0.3 is 15.0 Å². The number of piperidine rings is 1. The van der Waals surface area contributed by atoms with Gasteiger partial charge in [0.2, 0.25) is 0 Å². The molecule has 2 saturated carbocycles. The molecule has 7 nitrogen and oxygen atoms in total. The van der Waals surface area contributed by atoms with Crippen LogP contribution in [0.5, 0.6) is 0 Å². The quantitative estimate of drug-likeness (QED) is 0.869. The summed E-state index contributed by atoms with van der Waals surface area (Å²) >= 11 is 0. The molecule has 2 atom stereocenters. The Kier molecular flexibility index (Phi) is 5.01. The number of nitrogens with zero attached hydrogens (tertiary/aromatic N) is 4. The average molecular weight is 361 g/mol. The number of amides is 1. The summed E-state index contributed by atoms with van der Waals surface area (Å²) < 4.78 is 7.87. The molecule has 1 aromatic rings. The van der Waals surface area contributed by atoms with Gasteiger partial charge in [0, 0.05) is 25.1 Å². The van der Waals surface area contributed by atoms with E-state index in [0.717, 1.165) is 39.0 Å². The lowest BCUT2D eigenvalue weighted by molar-refractivity contribution is -0.152. The molecule has 3 aliphatic rings. The van der Waals surface area contributed by atoms with E-state index in [0.29, 0.717) is 17.8 Å². The Labute approximate surface area is 155 Å². The van der Waals surface area contributed by atoms with Crippen LogP contribution in [0, 0.1) is 5.41 Å². The molecule has 0 unspecified atom stereocenters. The van der Waals surface area contributed by atoms with Gasteiger partial charge in [-0.1, -0.05) is 18.1 Å². The van der Waals surface area contributed by atoms with Crippen molar-refractivity contribution >= 4 is 5.91 Å². The molecule has 7 heteroatoms. The molecule has 4 rings (SSSR count). The first-order chi connectivity index (χ1) is 12.7.